The Kier molecular flexibility index (Phi) is 7.93. The highest BCUT2D eigenvalue weighted by atomic mass is 79.9. The molecule has 190 valence electrons. The Morgan fingerprint density at radius 2 is 1.51 bits per heavy atom. The average Bonchev–Trinajstić information content (AvgIpc) is 2.87. The zero-order chi connectivity index (χ0) is 26.5. The van der Waals surface area contributed by atoms with Crippen molar-refractivity contribution in [3.63, 3.8) is 0 Å². The molecular weight excluding hydrogens is 540 g/mol. The second-order valence-corrected chi connectivity index (χ2v) is 9.19. The van der Waals surface area contributed by atoms with Crippen LogP contribution in [-0.2, 0) is 9.59 Å². The number of carbonyl (C=O) groups is 3. The summed E-state index contributed by atoms with van der Waals surface area (Å²) >= 11 is 3.48. The normalized spacial score (nSPS) is 14.5. The summed E-state index contributed by atoms with van der Waals surface area (Å²) in [5.41, 5.74) is 2.80. The third-order valence-corrected chi connectivity index (χ3v) is 6.17. The molecule has 0 radical (unpaired) electrons. The van der Waals surface area contributed by atoms with Crippen molar-refractivity contribution in [2.45, 2.75) is 13.8 Å². The lowest BCUT2D eigenvalue weighted by Gasteiger charge is -2.26. The zero-order valence-corrected chi connectivity index (χ0v) is 22.1. The number of urea groups is 1. The van der Waals surface area contributed by atoms with Crippen molar-refractivity contribution in [1.29, 1.82) is 0 Å². The van der Waals surface area contributed by atoms with Gasteiger partial charge in [0, 0.05) is 0 Å². The molecule has 0 unspecified atom stereocenters. The smallest absolute Gasteiger partial charge is 0.335 e. The van der Waals surface area contributed by atoms with Gasteiger partial charge in [-0.25, -0.2) is 9.69 Å². The summed E-state index contributed by atoms with van der Waals surface area (Å²) in [5.74, 6) is 0.0961. The van der Waals surface area contributed by atoms with Crippen LogP contribution in [0.25, 0.3) is 6.08 Å². The molecule has 4 rings (SSSR count). The molecule has 0 aliphatic carbocycles. The second kappa shape index (κ2) is 11.3. The van der Waals surface area contributed by atoms with E-state index in [1.165, 1.54) is 13.2 Å². The summed E-state index contributed by atoms with van der Waals surface area (Å²) in [6.45, 7) is 4.48. The molecule has 3 aromatic carbocycles. The molecule has 0 spiro atoms. The van der Waals surface area contributed by atoms with Crippen LogP contribution in [-0.4, -0.2) is 38.2 Å². The summed E-state index contributed by atoms with van der Waals surface area (Å²) in [4.78, 5) is 39.0. The zero-order valence-electron chi connectivity index (χ0n) is 20.5. The summed E-state index contributed by atoms with van der Waals surface area (Å²) < 4.78 is 17.6. The summed E-state index contributed by atoms with van der Waals surface area (Å²) in [5, 5.41) is 2.23. The van der Waals surface area contributed by atoms with E-state index in [0.717, 1.165) is 21.8 Å². The number of amides is 4. The predicted molar refractivity (Wildman–Crippen MR) is 143 cm³/mol. The van der Waals surface area contributed by atoms with Gasteiger partial charge in [-0.1, -0.05) is 35.4 Å². The first kappa shape index (κ1) is 26.0. The Bertz CT molecular complexity index is 1370. The lowest BCUT2D eigenvalue weighted by Crippen LogP contribution is -2.54. The van der Waals surface area contributed by atoms with Crippen molar-refractivity contribution in [2.75, 3.05) is 25.2 Å². The molecule has 0 bridgehead atoms. The Balaban J connectivity index is 1.52. The van der Waals surface area contributed by atoms with Gasteiger partial charge in [0.05, 0.1) is 17.3 Å². The molecule has 8 nitrogen and oxygen atoms in total. The molecule has 0 aromatic heterocycles. The molecule has 4 amide bonds. The molecule has 1 aliphatic rings. The molecule has 1 saturated heterocycles. The monoisotopic (exact) mass is 564 g/mol. The number of nitrogens with one attached hydrogen (secondary N) is 1. The number of ether oxygens (including phenoxy) is 3. The first-order valence-corrected chi connectivity index (χ1v) is 12.2. The number of hydrogen-bond donors (Lipinski definition) is 1. The molecule has 0 saturated carbocycles. The third kappa shape index (κ3) is 6.00. The number of methoxy groups -OCH3 is 1. The maximum absolute atomic E-state index is 13.1. The molecule has 1 aliphatic heterocycles. The van der Waals surface area contributed by atoms with Gasteiger partial charge in [-0.2, -0.15) is 0 Å². The summed E-state index contributed by atoms with van der Waals surface area (Å²) in [6, 6.07) is 17.1. The van der Waals surface area contributed by atoms with E-state index in [2.05, 4.69) is 21.2 Å². The van der Waals surface area contributed by atoms with Crippen molar-refractivity contribution < 1.29 is 28.6 Å². The van der Waals surface area contributed by atoms with E-state index < -0.39 is 17.8 Å². The molecule has 1 N–H and O–H groups in total. The summed E-state index contributed by atoms with van der Waals surface area (Å²) in [7, 11) is 1.49. The number of barbiturate groups is 1. The van der Waals surface area contributed by atoms with Gasteiger partial charge in [-0.05, 0) is 77.8 Å². The van der Waals surface area contributed by atoms with Gasteiger partial charge >= 0.3 is 6.03 Å². The third-order valence-electron chi connectivity index (χ3n) is 5.58. The fourth-order valence-corrected chi connectivity index (χ4v) is 4.23. The van der Waals surface area contributed by atoms with E-state index >= 15 is 0 Å². The van der Waals surface area contributed by atoms with Gasteiger partial charge in [-0.3, -0.25) is 14.9 Å². The number of nitrogens with zero attached hydrogens (tertiary/aromatic N) is 1. The van der Waals surface area contributed by atoms with Crippen LogP contribution >= 0.6 is 15.9 Å². The Labute approximate surface area is 223 Å². The first-order chi connectivity index (χ1) is 17.8. The number of imide groups is 2. The van der Waals surface area contributed by atoms with Gasteiger partial charge in [0.2, 0.25) is 0 Å². The van der Waals surface area contributed by atoms with E-state index in [9.17, 15) is 14.4 Å². The fourth-order valence-electron chi connectivity index (χ4n) is 3.65. The van der Waals surface area contributed by atoms with Crippen molar-refractivity contribution in [1.82, 2.24) is 5.32 Å². The van der Waals surface area contributed by atoms with Gasteiger partial charge in [-0.15, -0.1) is 0 Å². The minimum absolute atomic E-state index is 0.186. The van der Waals surface area contributed by atoms with E-state index in [-0.39, 0.29) is 12.2 Å². The highest BCUT2D eigenvalue weighted by Crippen LogP contribution is 2.37. The minimum atomic E-state index is -0.800. The van der Waals surface area contributed by atoms with E-state index in [4.69, 9.17) is 14.2 Å². The van der Waals surface area contributed by atoms with E-state index in [0.29, 0.717) is 33.8 Å². The standard InChI is InChI=1S/C28H25BrN2O6/c1-17-4-8-20(9-5-17)31-27(33)22(26(32)30-28(31)34)14-19-15-23(29)25(24(16-19)35-3)37-13-12-36-21-10-6-18(2)7-11-21/h4-11,14-16H,12-13H2,1-3H3,(H,30,32,34). The van der Waals surface area contributed by atoms with Gasteiger partial charge in [0.15, 0.2) is 11.5 Å². The molecular formula is C28H25BrN2O6. The van der Waals surface area contributed by atoms with Crippen LogP contribution in [0.15, 0.2) is 70.7 Å². The highest BCUT2D eigenvalue weighted by Gasteiger charge is 2.36. The molecule has 1 fully saturated rings. The van der Waals surface area contributed by atoms with Crippen LogP contribution in [0.2, 0.25) is 0 Å². The molecule has 37 heavy (non-hydrogen) atoms. The minimum Gasteiger partial charge on any atom is -0.493 e. The fraction of sp³-hybridized carbons (Fsp3) is 0.179. The van der Waals surface area contributed by atoms with Crippen LogP contribution in [0.1, 0.15) is 16.7 Å². The van der Waals surface area contributed by atoms with Crippen LogP contribution < -0.4 is 24.4 Å². The maximum Gasteiger partial charge on any atom is 0.335 e. The molecule has 0 atom stereocenters. The highest BCUT2D eigenvalue weighted by molar-refractivity contribution is 9.10. The van der Waals surface area contributed by atoms with Crippen molar-refractivity contribution in [2.24, 2.45) is 0 Å². The van der Waals surface area contributed by atoms with E-state index in [1.54, 1.807) is 36.4 Å². The average molecular weight is 565 g/mol. The first-order valence-electron chi connectivity index (χ1n) is 11.4. The molecule has 9 heteroatoms. The molecule has 1 heterocycles. The van der Waals surface area contributed by atoms with Gasteiger partial charge in [0.25, 0.3) is 11.8 Å². The number of anilines is 1. The van der Waals surface area contributed by atoms with Crippen molar-refractivity contribution in [3.8, 4) is 17.2 Å². The maximum atomic E-state index is 13.1. The number of aryl methyl sites for hydroxylation is 2. The lowest BCUT2D eigenvalue weighted by molar-refractivity contribution is -0.122. The largest absolute Gasteiger partial charge is 0.493 e. The number of hydrogen-bond acceptors (Lipinski definition) is 6. The van der Waals surface area contributed by atoms with Crippen molar-refractivity contribution >= 4 is 45.5 Å². The Morgan fingerprint density at radius 3 is 2.16 bits per heavy atom. The molecule has 3 aromatic rings. The number of benzene rings is 3. The lowest BCUT2D eigenvalue weighted by atomic mass is 10.1. The van der Waals surface area contributed by atoms with Gasteiger partial charge < -0.3 is 14.2 Å². The number of carbonyl (C=O) groups excluding carboxylic acids is 3. The Morgan fingerprint density at radius 1 is 0.892 bits per heavy atom. The number of rotatable bonds is 8. The number of halogens is 1. The quantitative estimate of drug-likeness (QED) is 0.229. The Hall–Kier alpha value is -4.11. The van der Waals surface area contributed by atoms with Gasteiger partial charge in [0.1, 0.15) is 24.5 Å². The van der Waals surface area contributed by atoms with Crippen LogP contribution in [0.4, 0.5) is 10.5 Å². The van der Waals surface area contributed by atoms with E-state index in [1.807, 2.05) is 38.1 Å². The van der Waals surface area contributed by atoms with Crippen LogP contribution in [0.3, 0.4) is 0 Å². The van der Waals surface area contributed by atoms with Crippen LogP contribution in [0, 0.1) is 13.8 Å². The SMILES string of the molecule is COc1cc(C=C2C(=O)NC(=O)N(c3ccc(C)cc3)C2=O)cc(Br)c1OCCOc1ccc(C)cc1. The van der Waals surface area contributed by atoms with Crippen LogP contribution in [0.5, 0.6) is 17.2 Å². The second-order valence-electron chi connectivity index (χ2n) is 8.34. The topological polar surface area (TPSA) is 94.2 Å². The van der Waals surface area contributed by atoms with Crippen molar-refractivity contribution in [3.05, 3.63) is 87.4 Å². The summed E-state index contributed by atoms with van der Waals surface area (Å²) in [6.07, 6.45) is 1.41. The predicted octanol–water partition coefficient (Wildman–Crippen LogP) is 5.20.